The third-order valence-electron chi connectivity index (χ3n) is 6.44. The Labute approximate surface area is 148 Å². The van der Waals surface area contributed by atoms with Crippen molar-refractivity contribution < 1.29 is 13.6 Å². The van der Waals surface area contributed by atoms with Crippen molar-refractivity contribution in [1.82, 2.24) is 9.80 Å². The van der Waals surface area contributed by atoms with E-state index in [1.807, 2.05) is 4.90 Å². The second-order valence-corrected chi connectivity index (χ2v) is 7.75. The fraction of sp³-hybridized carbons (Fsp3) is 0.650. The second kappa shape index (κ2) is 6.67. The predicted octanol–water partition coefficient (Wildman–Crippen LogP) is 3.54. The summed E-state index contributed by atoms with van der Waals surface area (Å²) >= 11 is 0. The fourth-order valence-electron chi connectivity index (χ4n) is 5.26. The molecule has 2 bridgehead atoms. The van der Waals surface area contributed by atoms with Crippen molar-refractivity contribution in [2.75, 3.05) is 19.6 Å². The zero-order valence-electron chi connectivity index (χ0n) is 14.8. The Bertz CT molecular complexity index is 657. The van der Waals surface area contributed by atoms with E-state index >= 15 is 0 Å². The van der Waals surface area contributed by atoms with Gasteiger partial charge in [0, 0.05) is 24.9 Å². The van der Waals surface area contributed by atoms with Crippen LogP contribution in [0.4, 0.5) is 8.78 Å². The summed E-state index contributed by atoms with van der Waals surface area (Å²) in [7, 11) is 0. The molecule has 4 aliphatic rings. The number of fused-ring (bicyclic) bond motifs is 2. The van der Waals surface area contributed by atoms with Gasteiger partial charge in [-0.15, -0.1) is 0 Å². The molecule has 5 heteroatoms. The lowest BCUT2D eigenvalue weighted by Gasteiger charge is -2.51. The van der Waals surface area contributed by atoms with Crippen LogP contribution in [0, 0.1) is 17.6 Å². The van der Waals surface area contributed by atoms with E-state index in [1.165, 1.54) is 6.07 Å². The first-order valence-electron chi connectivity index (χ1n) is 9.59. The summed E-state index contributed by atoms with van der Waals surface area (Å²) in [4.78, 5) is 17.2. The van der Waals surface area contributed by atoms with Crippen molar-refractivity contribution in [3.63, 3.8) is 0 Å². The fourth-order valence-corrected chi connectivity index (χ4v) is 5.26. The summed E-state index contributed by atoms with van der Waals surface area (Å²) in [6.07, 6.45) is 4.66. The molecule has 0 saturated carbocycles. The van der Waals surface area contributed by atoms with E-state index in [0.717, 1.165) is 38.8 Å². The third kappa shape index (κ3) is 2.77. The van der Waals surface area contributed by atoms with E-state index in [2.05, 4.69) is 11.8 Å². The van der Waals surface area contributed by atoms with Gasteiger partial charge >= 0.3 is 0 Å². The minimum Gasteiger partial charge on any atom is -0.337 e. The molecule has 3 nitrogen and oxygen atoms in total. The molecule has 136 valence electrons. The van der Waals surface area contributed by atoms with Gasteiger partial charge in [0.05, 0.1) is 6.04 Å². The Balaban J connectivity index is 1.68. The zero-order valence-corrected chi connectivity index (χ0v) is 14.8. The van der Waals surface area contributed by atoms with Crippen LogP contribution < -0.4 is 0 Å². The number of rotatable bonds is 4. The molecule has 5 rings (SSSR count). The van der Waals surface area contributed by atoms with E-state index < -0.39 is 11.6 Å². The van der Waals surface area contributed by atoms with Crippen LogP contribution in [0.15, 0.2) is 18.2 Å². The van der Waals surface area contributed by atoms with Crippen LogP contribution in [0.25, 0.3) is 0 Å². The van der Waals surface area contributed by atoms with Crippen LogP contribution in [0.5, 0.6) is 0 Å². The number of hydrogen-bond acceptors (Lipinski definition) is 2. The lowest BCUT2D eigenvalue weighted by Crippen LogP contribution is -2.60. The average Bonchev–Trinajstić information content (AvgIpc) is 3.06. The van der Waals surface area contributed by atoms with Crippen molar-refractivity contribution >= 4 is 5.91 Å². The van der Waals surface area contributed by atoms with E-state index in [0.29, 0.717) is 24.4 Å². The van der Waals surface area contributed by atoms with Gasteiger partial charge in [0.25, 0.3) is 0 Å². The number of hydrogen-bond donors (Lipinski definition) is 0. The number of halogens is 2. The molecule has 4 saturated heterocycles. The Morgan fingerprint density at radius 3 is 2.68 bits per heavy atom. The molecule has 25 heavy (non-hydrogen) atoms. The first-order chi connectivity index (χ1) is 12.1. The number of unbranched alkanes of at least 4 members (excludes halogenated alkanes) is 1. The molecule has 0 unspecified atom stereocenters. The Morgan fingerprint density at radius 2 is 1.96 bits per heavy atom. The van der Waals surface area contributed by atoms with Crippen LogP contribution in [0.2, 0.25) is 0 Å². The molecule has 0 spiro atoms. The quantitative estimate of drug-likeness (QED) is 0.831. The molecule has 0 radical (unpaired) electrons. The van der Waals surface area contributed by atoms with Crippen molar-refractivity contribution in [1.29, 1.82) is 0 Å². The van der Waals surface area contributed by atoms with E-state index in [-0.39, 0.29) is 23.9 Å². The highest BCUT2D eigenvalue weighted by Crippen LogP contribution is 2.47. The molecule has 4 fully saturated rings. The number of amides is 1. The maximum Gasteiger partial charge on any atom is 0.222 e. The number of nitrogens with zero attached hydrogens (tertiary/aromatic N) is 2. The molecule has 4 aliphatic heterocycles. The molecule has 0 N–H and O–H groups in total. The first-order valence-corrected chi connectivity index (χ1v) is 9.59. The molecular formula is C20H26F2N2O. The first kappa shape index (κ1) is 17.0. The van der Waals surface area contributed by atoms with Crippen molar-refractivity contribution in [3.05, 3.63) is 35.4 Å². The third-order valence-corrected chi connectivity index (χ3v) is 6.44. The summed E-state index contributed by atoms with van der Waals surface area (Å²) in [6.45, 7) is 4.62. The van der Waals surface area contributed by atoms with Crippen LogP contribution in [-0.4, -0.2) is 47.4 Å². The maximum absolute atomic E-state index is 14.5. The smallest absolute Gasteiger partial charge is 0.222 e. The Morgan fingerprint density at radius 1 is 1.20 bits per heavy atom. The van der Waals surface area contributed by atoms with Crippen LogP contribution in [0.1, 0.15) is 50.5 Å². The van der Waals surface area contributed by atoms with Crippen molar-refractivity contribution in [3.8, 4) is 0 Å². The van der Waals surface area contributed by atoms with E-state index in [4.69, 9.17) is 0 Å². The minimum atomic E-state index is -0.791. The van der Waals surface area contributed by atoms with E-state index in [1.54, 1.807) is 12.1 Å². The standard InChI is InChI=1S/C20H26F2N2O/c1-2-3-7-17(25)24-12-15(14-5-4-6-16(21)18(14)22)20-19(24)13-8-10-23(20)11-9-13/h4-6,13,15,19-20H,2-3,7-12H2,1H3/t15-,19+,20+/m1/s1. The highest BCUT2D eigenvalue weighted by atomic mass is 19.2. The highest BCUT2D eigenvalue weighted by molar-refractivity contribution is 5.77. The number of likely N-dealkylation sites (tertiary alicyclic amines) is 1. The van der Waals surface area contributed by atoms with Gasteiger partial charge in [-0.1, -0.05) is 25.5 Å². The molecule has 1 aromatic rings. The van der Waals surface area contributed by atoms with Gasteiger partial charge in [-0.2, -0.15) is 0 Å². The zero-order chi connectivity index (χ0) is 17.6. The van der Waals surface area contributed by atoms with Gasteiger partial charge in [0.15, 0.2) is 11.6 Å². The molecule has 1 aromatic carbocycles. The number of piperidine rings is 3. The van der Waals surface area contributed by atoms with Crippen molar-refractivity contribution in [2.45, 2.75) is 57.0 Å². The van der Waals surface area contributed by atoms with Gasteiger partial charge in [-0.05, 0) is 49.9 Å². The summed E-state index contributed by atoms with van der Waals surface area (Å²) in [5, 5.41) is 0. The molecule has 3 atom stereocenters. The SMILES string of the molecule is CCCCC(=O)N1C[C@H](c2cccc(F)c2F)[C@H]2[C@@H]1C1CCN2CC1. The van der Waals surface area contributed by atoms with Gasteiger partial charge < -0.3 is 4.90 Å². The van der Waals surface area contributed by atoms with Crippen LogP contribution in [0.3, 0.4) is 0 Å². The Hall–Kier alpha value is -1.49. The largest absolute Gasteiger partial charge is 0.337 e. The van der Waals surface area contributed by atoms with Gasteiger partial charge in [-0.25, -0.2) is 8.78 Å². The van der Waals surface area contributed by atoms with Crippen LogP contribution >= 0.6 is 0 Å². The second-order valence-electron chi connectivity index (χ2n) is 7.75. The molecule has 4 heterocycles. The number of carbonyl (C=O) groups excluding carboxylic acids is 1. The molecular weight excluding hydrogens is 322 g/mol. The average molecular weight is 348 g/mol. The predicted molar refractivity (Wildman–Crippen MR) is 92.2 cm³/mol. The van der Waals surface area contributed by atoms with Gasteiger partial charge in [-0.3, -0.25) is 9.69 Å². The minimum absolute atomic E-state index is 0.130. The summed E-state index contributed by atoms with van der Waals surface area (Å²) in [5.41, 5.74) is 0.438. The molecule has 1 amide bonds. The topological polar surface area (TPSA) is 23.6 Å². The van der Waals surface area contributed by atoms with Crippen molar-refractivity contribution in [2.24, 2.45) is 5.92 Å². The lowest BCUT2D eigenvalue weighted by molar-refractivity contribution is -0.136. The highest BCUT2D eigenvalue weighted by Gasteiger charge is 2.54. The number of benzene rings is 1. The van der Waals surface area contributed by atoms with E-state index in [9.17, 15) is 13.6 Å². The maximum atomic E-state index is 14.5. The van der Waals surface area contributed by atoms with Gasteiger partial charge in [0.2, 0.25) is 5.91 Å². The molecule has 0 aromatic heterocycles. The lowest BCUT2D eigenvalue weighted by atomic mass is 9.75. The summed E-state index contributed by atoms with van der Waals surface area (Å²) < 4.78 is 28.3. The monoisotopic (exact) mass is 348 g/mol. The molecule has 0 aliphatic carbocycles. The van der Waals surface area contributed by atoms with Gasteiger partial charge in [0.1, 0.15) is 0 Å². The summed E-state index contributed by atoms with van der Waals surface area (Å²) in [6, 6.07) is 4.75. The summed E-state index contributed by atoms with van der Waals surface area (Å²) in [5.74, 6) is -0.973. The Kier molecular flexibility index (Phi) is 4.52. The number of carbonyl (C=O) groups is 1. The van der Waals surface area contributed by atoms with Crippen LogP contribution in [-0.2, 0) is 4.79 Å². The normalized spacial score (nSPS) is 33.6.